The van der Waals surface area contributed by atoms with E-state index in [-0.39, 0.29) is 16.9 Å². The van der Waals surface area contributed by atoms with E-state index in [1.807, 2.05) is 31.2 Å². The maximum Gasteiger partial charge on any atom is 0.300 e. The van der Waals surface area contributed by atoms with Crippen LogP contribution in [0.3, 0.4) is 0 Å². The number of halogens is 1. The summed E-state index contributed by atoms with van der Waals surface area (Å²) in [7, 11) is 2.96. The molecule has 0 bridgehead atoms. The summed E-state index contributed by atoms with van der Waals surface area (Å²) >= 11 is 6.03. The molecule has 168 valence electrons. The van der Waals surface area contributed by atoms with E-state index in [1.165, 1.54) is 19.1 Å². The lowest BCUT2D eigenvalue weighted by Gasteiger charge is -2.26. The zero-order valence-electron chi connectivity index (χ0n) is 18.3. The highest BCUT2D eigenvalue weighted by molar-refractivity contribution is 6.51. The van der Waals surface area contributed by atoms with Gasteiger partial charge in [0.2, 0.25) is 0 Å². The highest BCUT2D eigenvalue weighted by Gasteiger charge is 2.47. The number of ether oxygens (including phenoxy) is 2. The van der Waals surface area contributed by atoms with Crippen molar-refractivity contribution < 1.29 is 24.2 Å². The van der Waals surface area contributed by atoms with Gasteiger partial charge in [-0.25, -0.2) is 0 Å². The van der Waals surface area contributed by atoms with Crippen molar-refractivity contribution in [1.82, 2.24) is 0 Å². The van der Waals surface area contributed by atoms with E-state index in [1.54, 1.807) is 42.5 Å². The van der Waals surface area contributed by atoms with Gasteiger partial charge in [-0.1, -0.05) is 41.4 Å². The van der Waals surface area contributed by atoms with Gasteiger partial charge in [-0.15, -0.1) is 0 Å². The van der Waals surface area contributed by atoms with Gasteiger partial charge in [-0.3, -0.25) is 14.5 Å². The van der Waals surface area contributed by atoms with Crippen LogP contribution in [0.25, 0.3) is 5.76 Å². The molecule has 0 aliphatic carbocycles. The first kappa shape index (κ1) is 22.4. The molecule has 1 aliphatic rings. The molecule has 1 saturated heterocycles. The second-order valence-electron chi connectivity index (χ2n) is 7.63. The quantitative estimate of drug-likeness (QED) is 0.316. The summed E-state index contributed by atoms with van der Waals surface area (Å²) in [5.41, 5.74) is 2.35. The normalized spacial score (nSPS) is 17.3. The minimum absolute atomic E-state index is 0.0351. The molecule has 4 rings (SSSR count). The average molecular weight is 464 g/mol. The van der Waals surface area contributed by atoms with E-state index in [9.17, 15) is 14.7 Å². The van der Waals surface area contributed by atoms with E-state index < -0.39 is 17.7 Å². The van der Waals surface area contributed by atoms with Crippen LogP contribution in [0.1, 0.15) is 22.7 Å². The van der Waals surface area contributed by atoms with Gasteiger partial charge in [0.05, 0.1) is 31.4 Å². The predicted molar refractivity (Wildman–Crippen MR) is 127 cm³/mol. The van der Waals surface area contributed by atoms with Gasteiger partial charge in [0.1, 0.15) is 17.3 Å². The minimum atomic E-state index is -0.845. The Kier molecular flexibility index (Phi) is 6.11. The van der Waals surface area contributed by atoms with Crippen molar-refractivity contribution in [3.8, 4) is 11.5 Å². The Hall–Kier alpha value is -3.77. The second-order valence-corrected chi connectivity index (χ2v) is 8.06. The first-order chi connectivity index (χ1) is 15.8. The molecule has 1 atom stereocenters. The molecule has 0 saturated carbocycles. The van der Waals surface area contributed by atoms with Crippen LogP contribution in [0, 0.1) is 6.92 Å². The number of aliphatic hydroxyl groups is 1. The third kappa shape index (κ3) is 4.05. The Balaban J connectivity index is 1.99. The van der Waals surface area contributed by atoms with Crippen LogP contribution in [0.4, 0.5) is 5.69 Å². The number of methoxy groups -OCH3 is 2. The Morgan fingerprint density at radius 3 is 2.33 bits per heavy atom. The summed E-state index contributed by atoms with van der Waals surface area (Å²) in [5, 5.41) is 11.9. The number of carbonyl (C=O) groups excluding carboxylic acids is 2. The molecule has 1 unspecified atom stereocenters. The molecule has 6 nitrogen and oxygen atoms in total. The van der Waals surface area contributed by atoms with Gasteiger partial charge in [0.25, 0.3) is 11.7 Å². The highest BCUT2D eigenvalue weighted by atomic mass is 35.5. The fourth-order valence-electron chi connectivity index (χ4n) is 4.00. The Morgan fingerprint density at radius 1 is 0.970 bits per heavy atom. The third-order valence-corrected chi connectivity index (χ3v) is 5.82. The lowest BCUT2D eigenvalue weighted by Crippen LogP contribution is -2.29. The van der Waals surface area contributed by atoms with Crippen LogP contribution in [-0.4, -0.2) is 31.0 Å². The van der Waals surface area contributed by atoms with Gasteiger partial charge in [-0.2, -0.15) is 0 Å². The van der Waals surface area contributed by atoms with Crippen LogP contribution in [0.2, 0.25) is 5.02 Å². The number of anilines is 1. The largest absolute Gasteiger partial charge is 0.507 e. The molecule has 3 aromatic carbocycles. The molecule has 1 N–H and O–H groups in total. The van der Waals surface area contributed by atoms with Crippen LogP contribution in [-0.2, 0) is 9.59 Å². The number of Topliss-reactive ketones (excluding diaryl/α,β-unsaturated/α-hetero) is 1. The molecular weight excluding hydrogens is 442 g/mol. The average Bonchev–Trinajstić information content (AvgIpc) is 3.09. The summed E-state index contributed by atoms with van der Waals surface area (Å²) in [6.07, 6.45) is 0. The monoisotopic (exact) mass is 463 g/mol. The number of hydrogen-bond acceptors (Lipinski definition) is 5. The Labute approximate surface area is 196 Å². The van der Waals surface area contributed by atoms with Crippen molar-refractivity contribution in [2.24, 2.45) is 0 Å². The van der Waals surface area contributed by atoms with Gasteiger partial charge in [-0.05, 0) is 55.0 Å². The first-order valence-corrected chi connectivity index (χ1v) is 10.6. The van der Waals surface area contributed by atoms with Crippen molar-refractivity contribution in [3.05, 3.63) is 94.0 Å². The van der Waals surface area contributed by atoms with Crippen molar-refractivity contribution in [2.45, 2.75) is 13.0 Å². The number of carbonyl (C=O) groups is 2. The second kappa shape index (κ2) is 9.00. The molecule has 0 aromatic heterocycles. The molecule has 3 aromatic rings. The lowest BCUT2D eigenvalue weighted by atomic mass is 9.94. The molecule has 7 heteroatoms. The molecular formula is C26H22ClNO5. The van der Waals surface area contributed by atoms with Gasteiger partial charge >= 0.3 is 0 Å². The first-order valence-electron chi connectivity index (χ1n) is 10.2. The number of rotatable bonds is 5. The van der Waals surface area contributed by atoms with E-state index >= 15 is 0 Å². The van der Waals surface area contributed by atoms with Crippen LogP contribution in [0.15, 0.2) is 72.3 Å². The Morgan fingerprint density at radius 2 is 1.70 bits per heavy atom. The summed E-state index contributed by atoms with van der Waals surface area (Å²) < 4.78 is 10.7. The number of aliphatic hydroxyl groups excluding tert-OH is 1. The minimum Gasteiger partial charge on any atom is -0.507 e. The summed E-state index contributed by atoms with van der Waals surface area (Å²) in [6.45, 7) is 1.92. The number of nitrogens with zero attached hydrogens (tertiary/aromatic N) is 1. The number of aryl methyl sites for hydroxylation is 1. The van der Waals surface area contributed by atoms with Crippen LogP contribution < -0.4 is 14.4 Å². The lowest BCUT2D eigenvalue weighted by molar-refractivity contribution is -0.132. The predicted octanol–water partition coefficient (Wildman–Crippen LogP) is 5.29. The molecule has 1 fully saturated rings. The molecule has 1 heterocycles. The third-order valence-electron chi connectivity index (χ3n) is 5.57. The summed E-state index contributed by atoms with van der Waals surface area (Å²) in [4.78, 5) is 27.9. The fourth-order valence-corrected chi connectivity index (χ4v) is 4.13. The molecule has 33 heavy (non-hydrogen) atoms. The van der Waals surface area contributed by atoms with Crippen molar-refractivity contribution in [1.29, 1.82) is 0 Å². The van der Waals surface area contributed by atoms with Gasteiger partial charge in [0, 0.05) is 10.7 Å². The molecule has 0 radical (unpaired) electrons. The standard InChI is InChI=1S/C26H22ClNO5/c1-15-5-4-6-16(13-15)23-22(24(29)20-14-19(32-2)11-12-21(20)33-3)25(30)26(31)28(23)18-9-7-17(27)8-10-18/h4-14,23,29H,1-3H3/b24-22+. The summed E-state index contributed by atoms with van der Waals surface area (Å²) in [5.74, 6) is -1.07. The van der Waals surface area contributed by atoms with Crippen molar-refractivity contribution in [2.75, 3.05) is 19.1 Å². The van der Waals surface area contributed by atoms with Crippen molar-refractivity contribution in [3.63, 3.8) is 0 Å². The van der Waals surface area contributed by atoms with Gasteiger partial charge in [0.15, 0.2) is 0 Å². The van der Waals surface area contributed by atoms with E-state index in [2.05, 4.69) is 0 Å². The van der Waals surface area contributed by atoms with Crippen molar-refractivity contribution >= 4 is 34.7 Å². The number of hydrogen-bond donors (Lipinski definition) is 1. The Bertz CT molecular complexity index is 1270. The number of amides is 1. The molecule has 1 amide bonds. The topological polar surface area (TPSA) is 76.1 Å². The van der Waals surface area contributed by atoms with Crippen LogP contribution >= 0.6 is 11.6 Å². The highest BCUT2D eigenvalue weighted by Crippen LogP contribution is 2.44. The van der Waals surface area contributed by atoms with E-state index in [0.29, 0.717) is 27.8 Å². The summed E-state index contributed by atoms with van der Waals surface area (Å²) in [6, 6.07) is 18.1. The zero-order chi connectivity index (χ0) is 23.7. The maximum atomic E-state index is 13.3. The van der Waals surface area contributed by atoms with Crippen LogP contribution in [0.5, 0.6) is 11.5 Å². The van der Waals surface area contributed by atoms with Gasteiger partial charge < -0.3 is 14.6 Å². The van der Waals surface area contributed by atoms with E-state index in [4.69, 9.17) is 21.1 Å². The molecule has 0 spiro atoms. The maximum absolute atomic E-state index is 13.3. The number of ketones is 1. The number of benzene rings is 3. The molecule has 1 aliphatic heterocycles. The fraction of sp³-hybridized carbons (Fsp3) is 0.154. The van der Waals surface area contributed by atoms with E-state index in [0.717, 1.165) is 5.56 Å². The smallest absolute Gasteiger partial charge is 0.300 e. The zero-order valence-corrected chi connectivity index (χ0v) is 19.1. The SMILES string of the molecule is COc1ccc(OC)c(/C(O)=C2\C(=O)C(=O)N(c3ccc(Cl)cc3)C2c2cccc(C)c2)c1.